The Balaban J connectivity index is 2.41. The van der Waals surface area contributed by atoms with Crippen LogP contribution < -0.4 is 0 Å². The predicted octanol–water partition coefficient (Wildman–Crippen LogP) is 4.26. The average molecular weight is 308 g/mol. The number of halogens is 2. The van der Waals surface area contributed by atoms with Gasteiger partial charge in [0.2, 0.25) is 0 Å². The van der Waals surface area contributed by atoms with Crippen LogP contribution in [0.4, 0.5) is 8.78 Å². The van der Waals surface area contributed by atoms with E-state index in [-0.39, 0.29) is 18.7 Å². The molecule has 1 aromatic carbocycles. The largest absolute Gasteiger partial charge is 0.385 e. The summed E-state index contributed by atoms with van der Waals surface area (Å²) in [5.41, 5.74) is 0.832. The van der Waals surface area contributed by atoms with Crippen molar-refractivity contribution < 1.29 is 13.9 Å². The van der Waals surface area contributed by atoms with Gasteiger partial charge in [-0.05, 0) is 18.6 Å². The minimum atomic E-state index is -3.39. The number of aliphatic hydroxyl groups is 1. The van der Waals surface area contributed by atoms with Crippen LogP contribution in [0.15, 0.2) is 36.9 Å². The van der Waals surface area contributed by atoms with Gasteiger partial charge < -0.3 is 5.11 Å². The molecular formula is C17H22F2N2O. The molecule has 1 N–H and O–H groups in total. The molecule has 0 radical (unpaired) electrons. The minimum absolute atomic E-state index is 0.0703. The molecule has 3 nitrogen and oxygen atoms in total. The van der Waals surface area contributed by atoms with Crippen molar-refractivity contribution in [1.82, 2.24) is 9.55 Å². The van der Waals surface area contributed by atoms with Gasteiger partial charge in [0, 0.05) is 6.42 Å². The third-order valence-corrected chi connectivity index (χ3v) is 3.74. The lowest BCUT2D eigenvalue weighted by molar-refractivity contribution is -0.172. The van der Waals surface area contributed by atoms with Crippen molar-refractivity contribution in [3.8, 4) is 0 Å². The Hall–Kier alpha value is -1.75. The summed E-state index contributed by atoms with van der Waals surface area (Å²) >= 11 is 0. The first-order valence-corrected chi connectivity index (χ1v) is 7.66. The Labute approximate surface area is 129 Å². The zero-order valence-electron chi connectivity index (χ0n) is 12.8. The van der Waals surface area contributed by atoms with Gasteiger partial charge >= 0.3 is 6.05 Å². The Morgan fingerprint density at radius 2 is 2.09 bits per heavy atom. The highest BCUT2D eigenvalue weighted by atomic mass is 19.3. The molecule has 2 rings (SSSR count). The van der Waals surface area contributed by atoms with Crippen LogP contribution in [-0.4, -0.2) is 20.8 Å². The predicted molar refractivity (Wildman–Crippen MR) is 84.0 cm³/mol. The van der Waals surface area contributed by atoms with E-state index in [4.69, 9.17) is 0 Å². The molecule has 0 saturated carbocycles. The fourth-order valence-corrected chi connectivity index (χ4v) is 2.58. The van der Waals surface area contributed by atoms with E-state index in [1.54, 1.807) is 24.3 Å². The molecule has 0 saturated heterocycles. The first-order chi connectivity index (χ1) is 10.5. The van der Waals surface area contributed by atoms with Crippen molar-refractivity contribution in [2.45, 2.75) is 51.2 Å². The van der Waals surface area contributed by atoms with Crippen molar-refractivity contribution in [3.63, 3.8) is 0 Å². The normalized spacial score (nSPS) is 13.5. The first-order valence-electron chi connectivity index (χ1n) is 7.66. The van der Waals surface area contributed by atoms with Crippen LogP contribution in [0.25, 0.3) is 11.0 Å². The van der Waals surface area contributed by atoms with E-state index < -0.39 is 12.2 Å². The SMILES string of the molecule is C=CCc1nc2ccccc2n1C(F)(F)C(O)CCCCC. The van der Waals surface area contributed by atoms with E-state index in [1.807, 2.05) is 6.92 Å². The second-order valence-corrected chi connectivity index (χ2v) is 5.44. The standard InChI is InChI=1S/C17H22F2N2O/c1-3-5-6-12-15(22)17(18,19)21-14-11-8-7-10-13(14)20-16(21)9-4-2/h4,7-8,10-11,15,22H,2-3,5-6,9,12H2,1H3. The molecule has 0 fully saturated rings. The number of rotatable bonds is 8. The summed E-state index contributed by atoms with van der Waals surface area (Å²) in [4.78, 5) is 4.25. The van der Waals surface area contributed by atoms with Gasteiger partial charge in [-0.1, -0.05) is 44.4 Å². The quantitative estimate of drug-likeness (QED) is 0.584. The molecule has 0 bridgehead atoms. The molecular weight excluding hydrogens is 286 g/mol. The monoisotopic (exact) mass is 308 g/mol. The smallest absolute Gasteiger partial charge is 0.356 e. The molecule has 0 spiro atoms. The van der Waals surface area contributed by atoms with E-state index in [0.717, 1.165) is 17.4 Å². The van der Waals surface area contributed by atoms with E-state index in [9.17, 15) is 13.9 Å². The number of unbranched alkanes of at least 4 members (excludes halogenated alkanes) is 2. The highest BCUT2D eigenvalue weighted by Crippen LogP contribution is 2.34. The Bertz CT molecular complexity index is 637. The van der Waals surface area contributed by atoms with Gasteiger partial charge in [-0.3, -0.25) is 4.57 Å². The van der Waals surface area contributed by atoms with Crippen LogP contribution in [0.3, 0.4) is 0 Å². The van der Waals surface area contributed by atoms with Crippen molar-refractivity contribution in [2.24, 2.45) is 0 Å². The molecule has 2 aromatic rings. The Morgan fingerprint density at radius 3 is 2.77 bits per heavy atom. The molecule has 1 atom stereocenters. The summed E-state index contributed by atoms with van der Waals surface area (Å²) in [6.45, 7) is 5.59. The van der Waals surface area contributed by atoms with Gasteiger partial charge in [0.1, 0.15) is 11.9 Å². The van der Waals surface area contributed by atoms with Crippen LogP contribution in [-0.2, 0) is 12.5 Å². The molecule has 1 heterocycles. The molecule has 5 heteroatoms. The number of imidazole rings is 1. The number of allylic oxidation sites excluding steroid dienone is 1. The number of para-hydroxylation sites is 2. The lowest BCUT2D eigenvalue weighted by Crippen LogP contribution is -2.38. The summed E-state index contributed by atoms with van der Waals surface area (Å²) in [7, 11) is 0. The summed E-state index contributed by atoms with van der Waals surface area (Å²) in [5.74, 6) is 0.218. The Morgan fingerprint density at radius 1 is 1.36 bits per heavy atom. The third kappa shape index (κ3) is 3.19. The number of benzene rings is 1. The Kier molecular flexibility index (Phi) is 5.29. The van der Waals surface area contributed by atoms with Gasteiger partial charge in [0.15, 0.2) is 0 Å². The van der Waals surface area contributed by atoms with Crippen molar-refractivity contribution >= 4 is 11.0 Å². The van der Waals surface area contributed by atoms with Crippen LogP contribution in [0.1, 0.15) is 38.4 Å². The van der Waals surface area contributed by atoms with Gasteiger partial charge in [-0.25, -0.2) is 4.98 Å². The third-order valence-electron chi connectivity index (χ3n) is 3.74. The zero-order valence-corrected chi connectivity index (χ0v) is 12.8. The van der Waals surface area contributed by atoms with Crippen LogP contribution in [0.5, 0.6) is 0 Å². The lowest BCUT2D eigenvalue weighted by atomic mass is 10.1. The number of hydrogen-bond acceptors (Lipinski definition) is 2. The number of nitrogens with zero attached hydrogens (tertiary/aromatic N) is 2. The van der Waals surface area contributed by atoms with Gasteiger partial charge in [-0.15, -0.1) is 6.58 Å². The van der Waals surface area contributed by atoms with Crippen molar-refractivity contribution in [3.05, 3.63) is 42.7 Å². The molecule has 0 aliphatic heterocycles. The van der Waals surface area contributed by atoms with E-state index in [1.165, 1.54) is 6.08 Å². The molecule has 0 aliphatic carbocycles. The summed E-state index contributed by atoms with van der Waals surface area (Å²) < 4.78 is 30.4. The van der Waals surface area contributed by atoms with Gasteiger partial charge in [0.05, 0.1) is 11.0 Å². The summed E-state index contributed by atoms with van der Waals surface area (Å²) in [6, 6.07) is 3.35. The number of hydrogen-bond donors (Lipinski definition) is 1. The molecule has 0 amide bonds. The van der Waals surface area contributed by atoms with E-state index in [0.29, 0.717) is 17.5 Å². The number of aromatic nitrogens is 2. The fraction of sp³-hybridized carbons (Fsp3) is 0.471. The van der Waals surface area contributed by atoms with E-state index in [2.05, 4.69) is 11.6 Å². The van der Waals surface area contributed by atoms with Crippen LogP contribution >= 0.6 is 0 Å². The maximum absolute atomic E-state index is 14.8. The van der Waals surface area contributed by atoms with Crippen molar-refractivity contribution in [2.75, 3.05) is 0 Å². The molecule has 0 aliphatic rings. The highest BCUT2D eigenvalue weighted by molar-refractivity contribution is 5.76. The molecule has 120 valence electrons. The second kappa shape index (κ2) is 7.01. The fourth-order valence-electron chi connectivity index (χ4n) is 2.58. The lowest BCUT2D eigenvalue weighted by Gasteiger charge is -2.26. The summed E-state index contributed by atoms with van der Waals surface area (Å²) in [6.07, 6.45) is 2.45. The maximum atomic E-state index is 14.8. The zero-order chi connectivity index (χ0) is 16.2. The van der Waals surface area contributed by atoms with Crippen molar-refractivity contribution in [1.29, 1.82) is 0 Å². The minimum Gasteiger partial charge on any atom is -0.385 e. The number of fused-ring (bicyclic) bond motifs is 1. The van der Waals surface area contributed by atoms with Gasteiger partial charge in [0.25, 0.3) is 0 Å². The molecule has 1 unspecified atom stereocenters. The molecule has 1 aromatic heterocycles. The second-order valence-electron chi connectivity index (χ2n) is 5.44. The van der Waals surface area contributed by atoms with Crippen LogP contribution in [0, 0.1) is 0 Å². The first kappa shape index (κ1) is 16.6. The maximum Gasteiger partial charge on any atom is 0.356 e. The average Bonchev–Trinajstić information content (AvgIpc) is 2.86. The molecule has 22 heavy (non-hydrogen) atoms. The van der Waals surface area contributed by atoms with E-state index >= 15 is 0 Å². The number of alkyl halides is 2. The topological polar surface area (TPSA) is 38.0 Å². The van der Waals surface area contributed by atoms with Crippen LogP contribution in [0.2, 0.25) is 0 Å². The summed E-state index contributed by atoms with van der Waals surface area (Å²) in [5, 5.41) is 10.0. The highest BCUT2D eigenvalue weighted by Gasteiger charge is 2.42. The van der Waals surface area contributed by atoms with Gasteiger partial charge in [-0.2, -0.15) is 8.78 Å². The number of aliphatic hydroxyl groups excluding tert-OH is 1.